The van der Waals surface area contributed by atoms with E-state index in [0.29, 0.717) is 24.1 Å². The van der Waals surface area contributed by atoms with Gasteiger partial charge in [-0.15, -0.1) is 12.4 Å². The summed E-state index contributed by atoms with van der Waals surface area (Å²) in [6.07, 6.45) is 0.704. The predicted octanol–water partition coefficient (Wildman–Crippen LogP) is 2.71. The first-order valence-electron chi connectivity index (χ1n) is 7.76. The second-order valence-electron chi connectivity index (χ2n) is 5.56. The fraction of sp³-hybridized carbons (Fsp3) is 0.294. The number of hydrogen-bond donors (Lipinski definition) is 3. The maximum absolute atomic E-state index is 14.4. The SMILES string of the molecule is Cl.O=C(CCNC(=O)c1ccsc1)Nc1ccc2c(c1F)CCNC2. The van der Waals surface area contributed by atoms with Crippen molar-refractivity contribution < 1.29 is 14.0 Å². The highest BCUT2D eigenvalue weighted by molar-refractivity contribution is 7.08. The molecule has 1 aromatic carbocycles. The first-order valence-corrected chi connectivity index (χ1v) is 8.70. The third-order valence-corrected chi connectivity index (χ3v) is 4.59. The van der Waals surface area contributed by atoms with Crippen LogP contribution in [0.5, 0.6) is 0 Å². The summed E-state index contributed by atoms with van der Waals surface area (Å²) in [5.74, 6) is -0.894. The van der Waals surface area contributed by atoms with Crippen LogP contribution in [-0.4, -0.2) is 24.9 Å². The topological polar surface area (TPSA) is 70.2 Å². The molecular formula is C17H19ClFN3O2S. The second-order valence-corrected chi connectivity index (χ2v) is 6.34. The van der Waals surface area contributed by atoms with Crippen LogP contribution >= 0.6 is 23.7 Å². The predicted molar refractivity (Wildman–Crippen MR) is 99.0 cm³/mol. The molecule has 5 nitrogen and oxygen atoms in total. The minimum Gasteiger partial charge on any atom is -0.351 e. The molecule has 8 heteroatoms. The van der Waals surface area contributed by atoms with E-state index in [9.17, 15) is 14.0 Å². The van der Waals surface area contributed by atoms with Gasteiger partial charge in [0, 0.05) is 30.5 Å². The second kappa shape index (κ2) is 8.94. The number of anilines is 1. The summed E-state index contributed by atoms with van der Waals surface area (Å²) in [5, 5.41) is 12.0. The molecule has 0 bridgehead atoms. The van der Waals surface area contributed by atoms with Crippen LogP contribution in [0.3, 0.4) is 0 Å². The Labute approximate surface area is 155 Å². The molecule has 1 aliphatic rings. The summed E-state index contributed by atoms with van der Waals surface area (Å²) >= 11 is 1.44. The fourth-order valence-corrected chi connectivity index (χ4v) is 3.26. The highest BCUT2D eigenvalue weighted by Gasteiger charge is 2.17. The lowest BCUT2D eigenvalue weighted by atomic mass is 9.99. The number of nitrogens with one attached hydrogen (secondary N) is 3. The Morgan fingerprint density at radius 3 is 2.88 bits per heavy atom. The van der Waals surface area contributed by atoms with Crippen molar-refractivity contribution >= 4 is 41.2 Å². The van der Waals surface area contributed by atoms with E-state index in [4.69, 9.17) is 0 Å². The number of fused-ring (bicyclic) bond motifs is 1. The van der Waals surface area contributed by atoms with Crippen LogP contribution in [0.4, 0.5) is 10.1 Å². The van der Waals surface area contributed by atoms with Gasteiger partial charge in [0.15, 0.2) is 0 Å². The Balaban J connectivity index is 0.00000225. The number of carbonyl (C=O) groups is 2. The minimum absolute atomic E-state index is 0. The van der Waals surface area contributed by atoms with Crippen molar-refractivity contribution in [2.45, 2.75) is 19.4 Å². The van der Waals surface area contributed by atoms with E-state index in [1.807, 2.05) is 11.4 Å². The maximum Gasteiger partial charge on any atom is 0.252 e. The van der Waals surface area contributed by atoms with E-state index in [1.165, 1.54) is 11.3 Å². The van der Waals surface area contributed by atoms with Gasteiger partial charge in [-0.05, 0) is 41.6 Å². The van der Waals surface area contributed by atoms with Crippen molar-refractivity contribution in [1.29, 1.82) is 0 Å². The van der Waals surface area contributed by atoms with Gasteiger partial charge in [-0.3, -0.25) is 9.59 Å². The number of benzene rings is 1. The summed E-state index contributed by atoms with van der Waals surface area (Å²) in [4.78, 5) is 23.7. The van der Waals surface area contributed by atoms with Crippen molar-refractivity contribution in [3.8, 4) is 0 Å². The molecule has 0 unspecified atom stereocenters. The van der Waals surface area contributed by atoms with E-state index in [0.717, 1.165) is 12.1 Å². The van der Waals surface area contributed by atoms with Crippen LogP contribution in [0.1, 0.15) is 27.9 Å². The fourth-order valence-electron chi connectivity index (χ4n) is 2.63. The van der Waals surface area contributed by atoms with Crippen LogP contribution in [0.15, 0.2) is 29.0 Å². The Morgan fingerprint density at radius 2 is 2.12 bits per heavy atom. The van der Waals surface area contributed by atoms with Gasteiger partial charge in [0.05, 0.1) is 5.69 Å². The Morgan fingerprint density at radius 1 is 1.28 bits per heavy atom. The molecule has 0 saturated heterocycles. The zero-order valence-corrected chi connectivity index (χ0v) is 15.1. The lowest BCUT2D eigenvalue weighted by molar-refractivity contribution is -0.116. The summed E-state index contributed by atoms with van der Waals surface area (Å²) in [5.41, 5.74) is 2.37. The Hall–Kier alpha value is -1.96. The summed E-state index contributed by atoms with van der Waals surface area (Å²) < 4.78 is 14.4. The van der Waals surface area contributed by atoms with Gasteiger partial charge in [-0.1, -0.05) is 6.07 Å². The molecule has 2 aromatic rings. The molecule has 0 spiro atoms. The molecule has 134 valence electrons. The zero-order chi connectivity index (χ0) is 16.9. The number of hydrogen-bond acceptors (Lipinski definition) is 4. The lowest BCUT2D eigenvalue weighted by Gasteiger charge is -2.19. The van der Waals surface area contributed by atoms with Crippen LogP contribution in [-0.2, 0) is 17.8 Å². The van der Waals surface area contributed by atoms with Gasteiger partial charge in [-0.25, -0.2) is 4.39 Å². The van der Waals surface area contributed by atoms with Crippen molar-refractivity contribution in [2.75, 3.05) is 18.4 Å². The molecule has 0 saturated carbocycles. The van der Waals surface area contributed by atoms with Gasteiger partial charge < -0.3 is 16.0 Å². The standard InChI is InChI=1S/C17H18FN3O2S.ClH/c18-16-13-3-6-19-9-11(13)1-2-14(16)21-15(22)4-7-20-17(23)12-5-8-24-10-12;/h1-2,5,8,10,19H,3-4,6-7,9H2,(H,20,23)(H,21,22);1H. The first kappa shape index (κ1) is 19.4. The molecule has 1 aromatic heterocycles. The number of rotatable bonds is 5. The smallest absolute Gasteiger partial charge is 0.252 e. The van der Waals surface area contributed by atoms with E-state index in [2.05, 4.69) is 16.0 Å². The molecule has 2 heterocycles. The Kier molecular flexibility index (Phi) is 6.92. The molecule has 0 aliphatic carbocycles. The van der Waals surface area contributed by atoms with Gasteiger partial charge in [0.25, 0.3) is 5.91 Å². The molecule has 0 atom stereocenters. The number of carbonyl (C=O) groups excluding carboxylic acids is 2. The van der Waals surface area contributed by atoms with Crippen molar-refractivity contribution in [1.82, 2.24) is 10.6 Å². The van der Waals surface area contributed by atoms with E-state index < -0.39 is 0 Å². The monoisotopic (exact) mass is 383 g/mol. The van der Waals surface area contributed by atoms with Crippen LogP contribution < -0.4 is 16.0 Å². The third-order valence-electron chi connectivity index (χ3n) is 3.90. The van der Waals surface area contributed by atoms with Crippen LogP contribution in [0, 0.1) is 5.82 Å². The molecule has 1 aliphatic heterocycles. The molecule has 2 amide bonds. The van der Waals surface area contributed by atoms with Gasteiger partial charge in [0.1, 0.15) is 5.82 Å². The molecule has 25 heavy (non-hydrogen) atoms. The highest BCUT2D eigenvalue weighted by atomic mass is 35.5. The quantitative estimate of drug-likeness (QED) is 0.743. The van der Waals surface area contributed by atoms with E-state index in [-0.39, 0.29) is 48.7 Å². The van der Waals surface area contributed by atoms with Crippen molar-refractivity contribution in [3.63, 3.8) is 0 Å². The average Bonchev–Trinajstić information content (AvgIpc) is 3.12. The lowest BCUT2D eigenvalue weighted by Crippen LogP contribution is -2.28. The number of amides is 2. The van der Waals surface area contributed by atoms with E-state index in [1.54, 1.807) is 17.5 Å². The van der Waals surface area contributed by atoms with Crippen LogP contribution in [0.25, 0.3) is 0 Å². The number of halogens is 2. The largest absolute Gasteiger partial charge is 0.351 e. The van der Waals surface area contributed by atoms with Crippen molar-refractivity contribution in [3.05, 3.63) is 51.5 Å². The van der Waals surface area contributed by atoms with Gasteiger partial charge in [-0.2, -0.15) is 11.3 Å². The number of thiophene rings is 1. The normalized spacial score (nSPS) is 12.7. The van der Waals surface area contributed by atoms with Gasteiger partial charge >= 0.3 is 0 Å². The molecule has 0 fully saturated rings. The third kappa shape index (κ3) is 4.78. The summed E-state index contributed by atoms with van der Waals surface area (Å²) in [7, 11) is 0. The highest BCUT2D eigenvalue weighted by Crippen LogP contribution is 2.24. The molecule has 0 radical (unpaired) electrons. The van der Waals surface area contributed by atoms with Gasteiger partial charge in [0.2, 0.25) is 5.91 Å². The Bertz CT molecular complexity index is 753. The molecule has 3 N–H and O–H groups in total. The minimum atomic E-state index is -0.357. The average molecular weight is 384 g/mol. The summed E-state index contributed by atoms with van der Waals surface area (Å²) in [6, 6.07) is 5.14. The molecular weight excluding hydrogens is 365 g/mol. The zero-order valence-electron chi connectivity index (χ0n) is 13.4. The van der Waals surface area contributed by atoms with Crippen LogP contribution in [0.2, 0.25) is 0 Å². The molecule has 3 rings (SSSR count). The van der Waals surface area contributed by atoms with E-state index >= 15 is 0 Å². The first-order chi connectivity index (χ1) is 11.6. The summed E-state index contributed by atoms with van der Waals surface area (Å²) in [6.45, 7) is 1.59. The maximum atomic E-state index is 14.4. The van der Waals surface area contributed by atoms with Crippen molar-refractivity contribution in [2.24, 2.45) is 0 Å².